The lowest BCUT2D eigenvalue weighted by atomic mass is 10.3. The van der Waals surface area contributed by atoms with Gasteiger partial charge in [0.1, 0.15) is 11.2 Å². The SMILES string of the molecule is CCOC(=O)c1nc(C)sc1N(CC)c1nc(Cl)ncc1[N+](=O)[O-]. The molecule has 0 bridgehead atoms. The first kappa shape index (κ1) is 18.0. The third-order valence-corrected chi connectivity index (χ3v) is 4.10. The number of aryl methyl sites for hydroxylation is 1. The van der Waals surface area contributed by atoms with Crippen molar-refractivity contribution in [3.05, 3.63) is 32.3 Å². The van der Waals surface area contributed by atoms with Crippen LogP contribution in [0.15, 0.2) is 6.20 Å². The first-order valence-corrected chi connectivity index (χ1v) is 8.17. The largest absolute Gasteiger partial charge is 0.461 e. The van der Waals surface area contributed by atoms with Gasteiger partial charge in [0, 0.05) is 6.54 Å². The highest BCUT2D eigenvalue weighted by Crippen LogP contribution is 2.37. The molecule has 0 atom stereocenters. The quantitative estimate of drug-likeness (QED) is 0.329. The molecule has 24 heavy (non-hydrogen) atoms. The van der Waals surface area contributed by atoms with Crippen LogP contribution in [0.3, 0.4) is 0 Å². The Morgan fingerprint density at radius 1 is 1.46 bits per heavy atom. The van der Waals surface area contributed by atoms with Crippen molar-refractivity contribution in [2.75, 3.05) is 18.1 Å². The van der Waals surface area contributed by atoms with Gasteiger partial charge < -0.3 is 9.64 Å². The lowest BCUT2D eigenvalue weighted by Gasteiger charge is -2.20. The second kappa shape index (κ2) is 7.49. The minimum absolute atomic E-state index is 0.00306. The molecule has 9 nitrogen and oxygen atoms in total. The molecule has 0 saturated carbocycles. The average Bonchev–Trinajstić information content (AvgIpc) is 2.90. The van der Waals surface area contributed by atoms with Gasteiger partial charge >= 0.3 is 11.7 Å². The van der Waals surface area contributed by atoms with E-state index in [2.05, 4.69) is 15.0 Å². The summed E-state index contributed by atoms with van der Waals surface area (Å²) in [5.41, 5.74) is -0.229. The fraction of sp³-hybridized carbons (Fsp3) is 0.385. The molecule has 0 aliphatic carbocycles. The molecule has 0 amide bonds. The standard InChI is InChI=1S/C13H14ClN5O4S/c1-4-18(10-8(19(21)22)6-15-13(14)17-10)11-9(12(20)23-5-2)16-7(3)24-11/h6H,4-5H2,1-3H3. The average molecular weight is 372 g/mol. The molecule has 0 aromatic carbocycles. The number of nitrogens with zero attached hydrogens (tertiary/aromatic N) is 5. The van der Waals surface area contributed by atoms with E-state index in [4.69, 9.17) is 16.3 Å². The summed E-state index contributed by atoms with van der Waals surface area (Å²) in [6, 6.07) is 0. The van der Waals surface area contributed by atoms with E-state index < -0.39 is 10.9 Å². The Bertz CT molecular complexity index is 782. The number of esters is 1. The van der Waals surface area contributed by atoms with Gasteiger partial charge in [0.2, 0.25) is 11.1 Å². The zero-order valence-electron chi connectivity index (χ0n) is 13.1. The van der Waals surface area contributed by atoms with Gasteiger partial charge in [-0.25, -0.2) is 14.8 Å². The van der Waals surface area contributed by atoms with Gasteiger partial charge in [-0.2, -0.15) is 4.98 Å². The minimum Gasteiger partial charge on any atom is -0.461 e. The molecule has 11 heteroatoms. The van der Waals surface area contributed by atoms with Crippen molar-refractivity contribution in [3.63, 3.8) is 0 Å². The predicted molar refractivity (Wildman–Crippen MR) is 89.2 cm³/mol. The smallest absolute Gasteiger partial charge is 0.360 e. The Labute approximate surface area is 146 Å². The summed E-state index contributed by atoms with van der Waals surface area (Å²) < 4.78 is 5.00. The van der Waals surface area contributed by atoms with Crippen LogP contribution < -0.4 is 4.90 Å². The molecule has 2 heterocycles. The zero-order chi connectivity index (χ0) is 17.9. The van der Waals surface area contributed by atoms with Crippen molar-refractivity contribution >= 4 is 45.4 Å². The Morgan fingerprint density at radius 3 is 2.75 bits per heavy atom. The monoisotopic (exact) mass is 371 g/mol. The molecule has 0 spiro atoms. The maximum absolute atomic E-state index is 12.1. The summed E-state index contributed by atoms with van der Waals surface area (Å²) in [4.78, 5) is 36.1. The Hall–Kier alpha value is -2.33. The fourth-order valence-corrected chi connectivity index (χ4v) is 3.09. The summed E-state index contributed by atoms with van der Waals surface area (Å²) in [5, 5.41) is 12.2. The van der Waals surface area contributed by atoms with Gasteiger partial charge in [-0.3, -0.25) is 10.1 Å². The Morgan fingerprint density at radius 2 is 2.17 bits per heavy atom. The third kappa shape index (κ3) is 3.60. The van der Waals surface area contributed by atoms with E-state index in [0.29, 0.717) is 16.6 Å². The van der Waals surface area contributed by atoms with Crippen molar-refractivity contribution in [1.29, 1.82) is 0 Å². The molecule has 0 fully saturated rings. The van der Waals surface area contributed by atoms with Gasteiger partial charge in [0.15, 0.2) is 5.69 Å². The van der Waals surface area contributed by atoms with E-state index in [1.54, 1.807) is 20.8 Å². The number of carbonyl (C=O) groups is 1. The number of hydrogen-bond acceptors (Lipinski definition) is 9. The van der Waals surface area contributed by atoms with Gasteiger partial charge in [0.25, 0.3) is 0 Å². The van der Waals surface area contributed by atoms with E-state index in [0.717, 1.165) is 6.20 Å². The molecule has 0 saturated heterocycles. The third-order valence-electron chi connectivity index (χ3n) is 2.92. The molecule has 2 aromatic heterocycles. The molecule has 2 aromatic rings. The lowest BCUT2D eigenvalue weighted by Crippen LogP contribution is -2.21. The number of anilines is 2. The van der Waals surface area contributed by atoms with Crippen LogP contribution in [0.25, 0.3) is 0 Å². The van der Waals surface area contributed by atoms with Gasteiger partial charge in [-0.1, -0.05) is 0 Å². The number of ether oxygens (including phenoxy) is 1. The van der Waals surface area contributed by atoms with Crippen LogP contribution in [-0.4, -0.2) is 39.0 Å². The summed E-state index contributed by atoms with van der Waals surface area (Å²) in [5.74, 6) is -0.602. The van der Waals surface area contributed by atoms with E-state index in [-0.39, 0.29) is 29.1 Å². The highest BCUT2D eigenvalue weighted by Gasteiger charge is 2.29. The first-order chi connectivity index (χ1) is 11.4. The molecule has 0 aliphatic heterocycles. The molecule has 0 radical (unpaired) electrons. The molecule has 128 valence electrons. The van der Waals surface area contributed by atoms with E-state index in [9.17, 15) is 14.9 Å². The van der Waals surface area contributed by atoms with Crippen LogP contribution in [0.1, 0.15) is 29.3 Å². The normalized spacial score (nSPS) is 10.5. The summed E-state index contributed by atoms with van der Waals surface area (Å²) >= 11 is 7.00. The second-order valence-electron chi connectivity index (χ2n) is 4.46. The maximum Gasteiger partial charge on any atom is 0.360 e. The number of rotatable bonds is 6. The van der Waals surface area contributed by atoms with Crippen LogP contribution in [-0.2, 0) is 4.74 Å². The van der Waals surface area contributed by atoms with Crippen LogP contribution in [0.2, 0.25) is 5.28 Å². The number of aromatic nitrogens is 3. The summed E-state index contributed by atoms with van der Waals surface area (Å²) in [6.45, 7) is 5.68. The van der Waals surface area contributed by atoms with Gasteiger partial charge in [-0.15, -0.1) is 11.3 Å². The second-order valence-corrected chi connectivity index (χ2v) is 5.98. The zero-order valence-corrected chi connectivity index (χ0v) is 14.7. The molecule has 0 N–H and O–H groups in total. The van der Waals surface area contributed by atoms with Crippen molar-refractivity contribution in [1.82, 2.24) is 15.0 Å². The number of hydrogen-bond donors (Lipinski definition) is 0. The van der Waals surface area contributed by atoms with Crippen LogP contribution >= 0.6 is 22.9 Å². The number of nitro groups is 1. The van der Waals surface area contributed by atoms with E-state index >= 15 is 0 Å². The van der Waals surface area contributed by atoms with E-state index in [1.165, 1.54) is 16.2 Å². The van der Waals surface area contributed by atoms with Crippen molar-refractivity contribution < 1.29 is 14.5 Å². The number of carbonyl (C=O) groups excluding carboxylic acids is 1. The summed E-state index contributed by atoms with van der Waals surface area (Å²) in [7, 11) is 0. The highest BCUT2D eigenvalue weighted by atomic mass is 35.5. The van der Waals surface area contributed by atoms with Gasteiger partial charge in [0.05, 0.1) is 16.5 Å². The molecular formula is C13H14ClN5O4S. The van der Waals surface area contributed by atoms with Crippen LogP contribution in [0, 0.1) is 17.0 Å². The van der Waals surface area contributed by atoms with Gasteiger partial charge in [-0.05, 0) is 32.4 Å². The topological polar surface area (TPSA) is 111 Å². The van der Waals surface area contributed by atoms with Crippen LogP contribution in [0.5, 0.6) is 0 Å². The van der Waals surface area contributed by atoms with Crippen LogP contribution in [0.4, 0.5) is 16.5 Å². The number of thiazole rings is 1. The highest BCUT2D eigenvalue weighted by molar-refractivity contribution is 7.16. The molecule has 2 rings (SSSR count). The minimum atomic E-state index is -0.605. The van der Waals surface area contributed by atoms with Crippen molar-refractivity contribution in [2.24, 2.45) is 0 Å². The molecular weight excluding hydrogens is 358 g/mol. The summed E-state index contributed by atoms with van der Waals surface area (Å²) in [6.07, 6.45) is 1.03. The molecule has 0 aliphatic rings. The Kier molecular flexibility index (Phi) is 5.62. The lowest BCUT2D eigenvalue weighted by molar-refractivity contribution is -0.384. The maximum atomic E-state index is 12.1. The first-order valence-electron chi connectivity index (χ1n) is 6.98. The van der Waals surface area contributed by atoms with E-state index in [1.807, 2.05) is 0 Å². The predicted octanol–water partition coefficient (Wildman–Crippen LogP) is 3.14. The van der Waals surface area contributed by atoms with Crippen molar-refractivity contribution in [2.45, 2.75) is 20.8 Å². The number of halogens is 1. The fourth-order valence-electron chi connectivity index (χ4n) is 1.99. The van der Waals surface area contributed by atoms with Crippen molar-refractivity contribution in [3.8, 4) is 0 Å². The Balaban J connectivity index is 2.60. The molecule has 0 unspecified atom stereocenters.